The van der Waals surface area contributed by atoms with Crippen LogP contribution in [0.5, 0.6) is 0 Å². The van der Waals surface area contributed by atoms with E-state index in [-0.39, 0.29) is 0 Å². The zero-order chi connectivity index (χ0) is 10.2. The van der Waals surface area contributed by atoms with Crippen LogP contribution in [0.4, 0.5) is 13.2 Å². The number of hydrogen-bond acceptors (Lipinski definition) is 1. The Morgan fingerprint density at radius 2 is 1.85 bits per heavy atom. The molecule has 1 aromatic carbocycles. The third-order valence-corrected chi connectivity index (χ3v) is 1.88. The van der Waals surface area contributed by atoms with Crippen LogP contribution in [0.1, 0.15) is 18.5 Å². The standard InChI is InChI=1S/C8H7ClF3N/c1-3(13)6-5(10)2-4(9)7(11)8(6)12/h2-3H,13H2,1H3/t3-/m1/s1. The van der Waals surface area contributed by atoms with E-state index in [0.29, 0.717) is 6.07 Å². The normalized spacial score (nSPS) is 13.1. The van der Waals surface area contributed by atoms with Crippen molar-refractivity contribution in [3.63, 3.8) is 0 Å². The molecule has 0 amide bonds. The van der Waals surface area contributed by atoms with E-state index in [1.807, 2.05) is 0 Å². The highest BCUT2D eigenvalue weighted by Gasteiger charge is 2.19. The largest absolute Gasteiger partial charge is 0.324 e. The van der Waals surface area contributed by atoms with Gasteiger partial charge in [-0.1, -0.05) is 11.6 Å². The van der Waals surface area contributed by atoms with Crippen LogP contribution in [-0.4, -0.2) is 0 Å². The van der Waals surface area contributed by atoms with E-state index in [1.54, 1.807) is 0 Å². The summed E-state index contributed by atoms with van der Waals surface area (Å²) in [4.78, 5) is 0. The van der Waals surface area contributed by atoms with Crippen molar-refractivity contribution < 1.29 is 13.2 Å². The Balaban J connectivity index is 3.44. The van der Waals surface area contributed by atoms with Crippen LogP contribution in [0.15, 0.2) is 6.07 Å². The summed E-state index contributed by atoms with van der Waals surface area (Å²) < 4.78 is 38.8. The van der Waals surface area contributed by atoms with E-state index < -0.39 is 34.1 Å². The molecular weight excluding hydrogens is 203 g/mol. The lowest BCUT2D eigenvalue weighted by molar-refractivity contribution is 0.470. The van der Waals surface area contributed by atoms with Gasteiger partial charge in [0.1, 0.15) is 5.82 Å². The summed E-state index contributed by atoms with van der Waals surface area (Å²) >= 11 is 5.20. The second-order valence-corrected chi connectivity index (χ2v) is 3.08. The summed E-state index contributed by atoms with van der Waals surface area (Å²) in [7, 11) is 0. The van der Waals surface area contributed by atoms with Crippen molar-refractivity contribution in [2.75, 3.05) is 0 Å². The quantitative estimate of drug-likeness (QED) is 0.559. The molecule has 1 rings (SSSR count). The molecule has 0 aromatic heterocycles. The minimum absolute atomic E-state index is 0.484. The smallest absolute Gasteiger partial charge is 0.177 e. The van der Waals surface area contributed by atoms with Gasteiger partial charge in [0.15, 0.2) is 11.6 Å². The average Bonchev–Trinajstić information content (AvgIpc) is 1.99. The van der Waals surface area contributed by atoms with Gasteiger partial charge in [0.25, 0.3) is 0 Å². The minimum Gasteiger partial charge on any atom is -0.324 e. The van der Waals surface area contributed by atoms with E-state index in [2.05, 4.69) is 0 Å². The molecule has 2 N–H and O–H groups in total. The monoisotopic (exact) mass is 209 g/mol. The van der Waals surface area contributed by atoms with Gasteiger partial charge >= 0.3 is 0 Å². The predicted octanol–water partition coefficient (Wildman–Crippen LogP) is 2.78. The maximum atomic E-state index is 13.0. The second-order valence-electron chi connectivity index (χ2n) is 2.67. The highest BCUT2D eigenvalue weighted by atomic mass is 35.5. The molecule has 0 saturated heterocycles. The molecule has 0 bridgehead atoms. The molecule has 0 fully saturated rings. The number of nitrogens with two attached hydrogens (primary N) is 1. The molecule has 1 nitrogen and oxygen atoms in total. The van der Waals surface area contributed by atoms with Crippen LogP contribution >= 0.6 is 11.6 Å². The molecule has 5 heteroatoms. The Hall–Kier alpha value is -0.740. The minimum atomic E-state index is -1.32. The molecule has 72 valence electrons. The van der Waals surface area contributed by atoms with Crippen molar-refractivity contribution in [3.05, 3.63) is 34.1 Å². The fraction of sp³-hybridized carbons (Fsp3) is 0.250. The Morgan fingerprint density at radius 1 is 1.31 bits per heavy atom. The van der Waals surface area contributed by atoms with Crippen molar-refractivity contribution in [3.8, 4) is 0 Å². The van der Waals surface area contributed by atoms with Crippen LogP contribution in [0.3, 0.4) is 0 Å². The van der Waals surface area contributed by atoms with E-state index >= 15 is 0 Å². The third kappa shape index (κ3) is 1.78. The first kappa shape index (κ1) is 10.3. The van der Waals surface area contributed by atoms with E-state index in [1.165, 1.54) is 6.92 Å². The molecule has 0 aliphatic rings. The summed E-state index contributed by atoms with van der Waals surface area (Å²) in [6.07, 6.45) is 0. The van der Waals surface area contributed by atoms with Crippen molar-refractivity contribution in [1.82, 2.24) is 0 Å². The van der Waals surface area contributed by atoms with Crippen molar-refractivity contribution in [1.29, 1.82) is 0 Å². The van der Waals surface area contributed by atoms with Crippen molar-refractivity contribution >= 4 is 11.6 Å². The average molecular weight is 210 g/mol. The summed E-state index contributed by atoms with van der Waals surface area (Å²) in [5.41, 5.74) is 4.76. The summed E-state index contributed by atoms with van der Waals surface area (Å²) in [6, 6.07) is -0.203. The van der Waals surface area contributed by atoms with Crippen LogP contribution in [0, 0.1) is 17.5 Å². The molecule has 1 aromatic rings. The van der Waals surface area contributed by atoms with Gasteiger partial charge in [0.05, 0.1) is 5.02 Å². The van der Waals surface area contributed by atoms with E-state index in [4.69, 9.17) is 17.3 Å². The number of benzene rings is 1. The van der Waals surface area contributed by atoms with Gasteiger partial charge in [0.2, 0.25) is 0 Å². The first-order valence-corrected chi connectivity index (χ1v) is 3.91. The molecule has 0 radical (unpaired) electrons. The van der Waals surface area contributed by atoms with Gasteiger partial charge in [0, 0.05) is 11.6 Å². The topological polar surface area (TPSA) is 26.0 Å². The molecule has 0 aliphatic heterocycles. The zero-order valence-electron chi connectivity index (χ0n) is 6.74. The fourth-order valence-electron chi connectivity index (χ4n) is 0.998. The number of hydrogen-bond donors (Lipinski definition) is 1. The molecule has 0 heterocycles. The predicted molar refractivity (Wildman–Crippen MR) is 43.9 cm³/mol. The van der Waals surface area contributed by atoms with E-state index in [9.17, 15) is 13.2 Å². The fourth-order valence-corrected chi connectivity index (χ4v) is 1.18. The molecule has 0 unspecified atom stereocenters. The first-order valence-electron chi connectivity index (χ1n) is 3.53. The highest BCUT2D eigenvalue weighted by molar-refractivity contribution is 6.30. The van der Waals surface area contributed by atoms with Crippen LogP contribution in [-0.2, 0) is 0 Å². The lowest BCUT2D eigenvalue weighted by Crippen LogP contribution is -2.11. The Morgan fingerprint density at radius 3 is 2.31 bits per heavy atom. The third-order valence-electron chi connectivity index (χ3n) is 1.60. The van der Waals surface area contributed by atoms with Gasteiger partial charge in [-0.15, -0.1) is 0 Å². The van der Waals surface area contributed by atoms with E-state index in [0.717, 1.165) is 0 Å². The van der Waals surface area contributed by atoms with Crippen LogP contribution in [0.2, 0.25) is 5.02 Å². The zero-order valence-corrected chi connectivity index (χ0v) is 7.50. The Kier molecular flexibility index (Phi) is 2.83. The number of halogens is 4. The lowest BCUT2D eigenvalue weighted by atomic mass is 10.1. The van der Waals surface area contributed by atoms with Crippen molar-refractivity contribution in [2.24, 2.45) is 5.73 Å². The van der Waals surface area contributed by atoms with Gasteiger partial charge in [-0.05, 0) is 13.0 Å². The second kappa shape index (κ2) is 3.55. The lowest BCUT2D eigenvalue weighted by Gasteiger charge is -2.09. The molecule has 0 saturated carbocycles. The molecule has 13 heavy (non-hydrogen) atoms. The SMILES string of the molecule is C[C@@H](N)c1c(F)cc(Cl)c(F)c1F. The Labute approximate surface area is 78.3 Å². The molecule has 0 aliphatic carbocycles. The molecule has 0 spiro atoms. The van der Waals surface area contributed by atoms with Gasteiger partial charge in [-0.2, -0.15) is 0 Å². The van der Waals surface area contributed by atoms with Crippen molar-refractivity contribution in [2.45, 2.75) is 13.0 Å². The highest BCUT2D eigenvalue weighted by Crippen LogP contribution is 2.26. The van der Waals surface area contributed by atoms with Gasteiger partial charge < -0.3 is 5.73 Å². The van der Waals surface area contributed by atoms with Gasteiger partial charge in [-0.25, -0.2) is 13.2 Å². The maximum Gasteiger partial charge on any atom is 0.177 e. The van der Waals surface area contributed by atoms with Crippen LogP contribution in [0.25, 0.3) is 0 Å². The molecular formula is C8H7ClF3N. The summed E-state index contributed by atoms with van der Waals surface area (Å²) in [5.74, 6) is -3.52. The molecule has 1 atom stereocenters. The Bertz CT molecular complexity index is 339. The maximum absolute atomic E-state index is 13.0. The summed E-state index contributed by atoms with van der Waals surface area (Å²) in [5, 5.41) is -0.584. The number of rotatable bonds is 1. The first-order chi connectivity index (χ1) is 5.95. The van der Waals surface area contributed by atoms with Gasteiger partial charge in [-0.3, -0.25) is 0 Å². The van der Waals surface area contributed by atoms with Crippen LogP contribution < -0.4 is 5.73 Å². The summed E-state index contributed by atoms with van der Waals surface area (Å²) in [6.45, 7) is 1.36.